The Bertz CT molecular complexity index is 336. The molecule has 0 aromatic carbocycles. The smallest absolute Gasteiger partial charge is 0.407 e. The number of ether oxygens (including phenoxy) is 1. The maximum absolute atomic E-state index is 11.9. The van der Waals surface area contributed by atoms with Crippen LogP contribution in [-0.2, 0) is 4.74 Å². The fourth-order valence-corrected chi connectivity index (χ4v) is 2.90. The third-order valence-electron chi connectivity index (χ3n) is 4.01. The molecule has 0 bridgehead atoms. The number of aliphatic hydroxyl groups is 3. The molecule has 3 atom stereocenters. The summed E-state index contributed by atoms with van der Waals surface area (Å²) in [6, 6.07) is -0.625. The number of aliphatic hydroxyl groups excluding tert-OH is 3. The zero-order valence-corrected chi connectivity index (χ0v) is 13.9. The molecule has 22 heavy (non-hydrogen) atoms. The number of hydrogen-bond acceptors (Lipinski definition) is 5. The fraction of sp³-hybridized carbons (Fsp3) is 0.938. The van der Waals surface area contributed by atoms with Crippen LogP contribution in [0.25, 0.3) is 0 Å². The molecule has 130 valence electrons. The Labute approximate surface area is 132 Å². The molecule has 1 unspecified atom stereocenters. The van der Waals surface area contributed by atoms with Gasteiger partial charge < -0.3 is 25.4 Å². The van der Waals surface area contributed by atoms with Crippen LogP contribution in [-0.4, -0.2) is 51.9 Å². The molecule has 1 amide bonds. The molecule has 6 heteroatoms. The third kappa shape index (κ3) is 6.94. The van der Waals surface area contributed by atoms with Gasteiger partial charge in [0.05, 0.1) is 12.6 Å². The molecule has 1 saturated carbocycles. The fourth-order valence-electron chi connectivity index (χ4n) is 2.90. The van der Waals surface area contributed by atoms with Crippen molar-refractivity contribution in [2.75, 3.05) is 6.61 Å². The van der Waals surface area contributed by atoms with Gasteiger partial charge in [0.1, 0.15) is 17.8 Å². The van der Waals surface area contributed by atoms with Crippen LogP contribution in [0.4, 0.5) is 4.79 Å². The minimum absolute atomic E-state index is 0.411. The van der Waals surface area contributed by atoms with E-state index in [9.17, 15) is 15.0 Å². The van der Waals surface area contributed by atoms with Gasteiger partial charge in [-0.15, -0.1) is 0 Å². The summed E-state index contributed by atoms with van der Waals surface area (Å²) in [5.74, 6) is 0.411. The highest BCUT2D eigenvalue weighted by Gasteiger charge is 2.31. The molecule has 1 aliphatic carbocycles. The Hall–Kier alpha value is -0.850. The van der Waals surface area contributed by atoms with Crippen LogP contribution in [0.1, 0.15) is 59.3 Å². The van der Waals surface area contributed by atoms with Gasteiger partial charge in [-0.05, 0) is 33.1 Å². The van der Waals surface area contributed by atoms with Gasteiger partial charge in [0, 0.05) is 0 Å². The van der Waals surface area contributed by atoms with Crippen LogP contribution in [0.3, 0.4) is 0 Å². The summed E-state index contributed by atoms with van der Waals surface area (Å²) in [6.45, 7) is 4.75. The van der Waals surface area contributed by atoms with E-state index in [1.165, 1.54) is 6.42 Å². The third-order valence-corrected chi connectivity index (χ3v) is 4.01. The highest BCUT2D eigenvalue weighted by atomic mass is 16.6. The van der Waals surface area contributed by atoms with Crippen molar-refractivity contribution in [2.45, 2.75) is 83.1 Å². The van der Waals surface area contributed by atoms with Crippen LogP contribution >= 0.6 is 0 Å². The standard InChI is InChI=1S/C16H31NO5/c1-16(2,3)22-15(21)17-12(14(20)13(19)10-18)9-11-7-5-4-6-8-11/h11-14,18-20H,4-10H2,1-3H3,(H,17,21)/t12-,13?,14+/m0/s1. The van der Waals surface area contributed by atoms with E-state index in [0.29, 0.717) is 12.3 Å². The minimum Gasteiger partial charge on any atom is -0.444 e. The van der Waals surface area contributed by atoms with Crippen molar-refractivity contribution in [3.05, 3.63) is 0 Å². The topological polar surface area (TPSA) is 99.0 Å². The molecule has 0 spiro atoms. The lowest BCUT2D eigenvalue weighted by Gasteiger charge is -2.32. The SMILES string of the molecule is CC(C)(C)OC(=O)N[C@@H](CC1CCCCC1)[C@@H](O)C(O)CO. The van der Waals surface area contributed by atoms with Crippen molar-refractivity contribution < 1.29 is 24.9 Å². The van der Waals surface area contributed by atoms with Gasteiger partial charge in [0.15, 0.2) is 0 Å². The van der Waals surface area contributed by atoms with Gasteiger partial charge in [-0.25, -0.2) is 4.79 Å². The van der Waals surface area contributed by atoms with Crippen molar-refractivity contribution in [1.82, 2.24) is 5.32 Å². The Morgan fingerprint density at radius 1 is 1.23 bits per heavy atom. The van der Waals surface area contributed by atoms with Gasteiger partial charge in [-0.3, -0.25) is 0 Å². The van der Waals surface area contributed by atoms with Crippen LogP contribution in [0.15, 0.2) is 0 Å². The largest absolute Gasteiger partial charge is 0.444 e. The Morgan fingerprint density at radius 3 is 2.32 bits per heavy atom. The lowest BCUT2D eigenvalue weighted by atomic mass is 9.83. The second kappa shape index (κ2) is 8.70. The van der Waals surface area contributed by atoms with Crippen LogP contribution in [0, 0.1) is 5.92 Å². The molecule has 1 rings (SSSR count). The van der Waals surface area contributed by atoms with Gasteiger partial charge in [0.2, 0.25) is 0 Å². The normalized spacial score (nSPS) is 21.0. The summed E-state index contributed by atoms with van der Waals surface area (Å²) in [5.41, 5.74) is -0.625. The van der Waals surface area contributed by atoms with Crippen LogP contribution in [0.5, 0.6) is 0 Å². The summed E-state index contributed by atoms with van der Waals surface area (Å²) in [7, 11) is 0. The van der Waals surface area contributed by atoms with Crippen molar-refractivity contribution in [1.29, 1.82) is 0 Å². The zero-order chi connectivity index (χ0) is 16.8. The molecule has 0 heterocycles. The van der Waals surface area contributed by atoms with E-state index in [-0.39, 0.29) is 0 Å². The lowest BCUT2D eigenvalue weighted by Crippen LogP contribution is -2.51. The van der Waals surface area contributed by atoms with Gasteiger partial charge in [0.25, 0.3) is 0 Å². The molecule has 1 fully saturated rings. The van der Waals surface area contributed by atoms with Gasteiger partial charge >= 0.3 is 6.09 Å². The van der Waals surface area contributed by atoms with E-state index >= 15 is 0 Å². The van der Waals surface area contributed by atoms with Gasteiger partial charge in [-0.1, -0.05) is 32.1 Å². The molecule has 6 nitrogen and oxygen atoms in total. The average Bonchev–Trinajstić information content (AvgIpc) is 2.44. The summed E-state index contributed by atoms with van der Waals surface area (Å²) >= 11 is 0. The first-order chi connectivity index (χ1) is 10.2. The maximum Gasteiger partial charge on any atom is 0.407 e. The van der Waals surface area contributed by atoms with E-state index in [0.717, 1.165) is 25.7 Å². The Balaban J connectivity index is 2.66. The summed E-state index contributed by atoms with van der Waals surface area (Å²) in [4.78, 5) is 11.9. The number of alkyl carbamates (subject to hydrolysis) is 1. The highest BCUT2D eigenvalue weighted by Crippen LogP contribution is 2.28. The lowest BCUT2D eigenvalue weighted by molar-refractivity contribution is -0.0386. The Kier molecular flexibility index (Phi) is 7.59. The second-order valence-corrected chi connectivity index (χ2v) is 7.23. The zero-order valence-electron chi connectivity index (χ0n) is 13.9. The predicted octanol–water partition coefficient (Wildman–Crippen LogP) is 1.56. The number of amides is 1. The summed E-state index contributed by atoms with van der Waals surface area (Å²) in [6.07, 6.45) is 3.15. The average molecular weight is 317 g/mol. The first-order valence-electron chi connectivity index (χ1n) is 8.19. The first kappa shape index (κ1) is 19.2. The molecule has 0 aliphatic heterocycles. The number of hydrogen-bond donors (Lipinski definition) is 4. The minimum atomic E-state index is -1.27. The molecule has 0 aromatic rings. The molecule has 1 aliphatic rings. The van der Waals surface area contributed by atoms with Crippen LogP contribution < -0.4 is 5.32 Å². The molecular weight excluding hydrogens is 286 g/mol. The van der Waals surface area contributed by atoms with Crippen molar-refractivity contribution in [3.8, 4) is 0 Å². The van der Waals surface area contributed by atoms with E-state index in [2.05, 4.69) is 5.32 Å². The maximum atomic E-state index is 11.9. The molecule has 4 N–H and O–H groups in total. The Morgan fingerprint density at radius 2 is 1.82 bits per heavy atom. The van der Waals surface area contributed by atoms with Gasteiger partial charge in [-0.2, -0.15) is 0 Å². The van der Waals surface area contributed by atoms with Crippen molar-refractivity contribution >= 4 is 6.09 Å². The monoisotopic (exact) mass is 317 g/mol. The quantitative estimate of drug-likeness (QED) is 0.596. The number of carbonyl (C=O) groups excluding carboxylic acids is 1. The predicted molar refractivity (Wildman–Crippen MR) is 83.4 cm³/mol. The van der Waals surface area contributed by atoms with E-state index in [1.54, 1.807) is 20.8 Å². The number of carbonyl (C=O) groups is 1. The molecule has 0 aromatic heterocycles. The first-order valence-corrected chi connectivity index (χ1v) is 8.19. The highest BCUT2D eigenvalue weighted by molar-refractivity contribution is 5.68. The summed E-state index contributed by atoms with van der Waals surface area (Å²) < 4.78 is 5.22. The summed E-state index contributed by atoms with van der Waals surface area (Å²) in [5, 5.41) is 31.5. The second-order valence-electron chi connectivity index (χ2n) is 7.23. The molecule has 0 saturated heterocycles. The van der Waals surface area contributed by atoms with Crippen molar-refractivity contribution in [2.24, 2.45) is 5.92 Å². The number of rotatable bonds is 6. The van der Waals surface area contributed by atoms with Crippen molar-refractivity contribution in [3.63, 3.8) is 0 Å². The van der Waals surface area contributed by atoms with E-state index in [1.807, 2.05) is 0 Å². The molecule has 0 radical (unpaired) electrons. The van der Waals surface area contributed by atoms with E-state index in [4.69, 9.17) is 9.84 Å². The molecular formula is C16H31NO5. The van der Waals surface area contributed by atoms with Crippen LogP contribution in [0.2, 0.25) is 0 Å². The van der Waals surface area contributed by atoms with E-state index < -0.39 is 36.6 Å². The number of nitrogens with one attached hydrogen (secondary N) is 1.